The van der Waals surface area contributed by atoms with Gasteiger partial charge in [0.05, 0.1) is 12.0 Å². The summed E-state index contributed by atoms with van der Waals surface area (Å²) in [6.07, 6.45) is 5.99. The van der Waals surface area contributed by atoms with Crippen LogP contribution in [0.2, 0.25) is 0 Å². The molecule has 0 radical (unpaired) electrons. The molecule has 1 fully saturated rings. The van der Waals surface area contributed by atoms with Crippen molar-refractivity contribution in [3.63, 3.8) is 0 Å². The highest BCUT2D eigenvalue weighted by Crippen LogP contribution is 2.52. The molecule has 0 amide bonds. The lowest BCUT2D eigenvalue weighted by molar-refractivity contribution is -0.146. The maximum absolute atomic E-state index is 11.3. The first-order chi connectivity index (χ1) is 7.05. The van der Waals surface area contributed by atoms with Gasteiger partial charge in [-0.15, -0.1) is 0 Å². The lowest BCUT2D eigenvalue weighted by Gasteiger charge is -2.40. The van der Waals surface area contributed by atoms with Crippen LogP contribution in [0.1, 0.15) is 39.0 Å². The molecule has 2 N–H and O–H groups in total. The van der Waals surface area contributed by atoms with E-state index in [1.165, 1.54) is 0 Å². The van der Waals surface area contributed by atoms with Gasteiger partial charge in [0.15, 0.2) is 0 Å². The lowest BCUT2D eigenvalue weighted by atomic mass is 9.64. The molecule has 1 saturated carbocycles. The van der Waals surface area contributed by atoms with Gasteiger partial charge in [-0.2, -0.15) is 0 Å². The van der Waals surface area contributed by atoms with E-state index in [1.807, 2.05) is 6.92 Å². The minimum absolute atomic E-state index is 0.163. The van der Waals surface area contributed by atoms with Gasteiger partial charge in [-0.1, -0.05) is 24.5 Å². The van der Waals surface area contributed by atoms with E-state index in [4.69, 9.17) is 0 Å². The summed E-state index contributed by atoms with van der Waals surface area (Å²) in [5.41, 5.74) is 0.674. The maximum Gasteiger partial charge on any atom is 0.311 e. The van der Waals surface area contributed by atoms with E-state index >= 15 is 0 Å². The summed E-state index contributed by atoms with van der Waals surface area (Å²) in [4.78, 5) is 11.3. The van der Waals surface area contributed by atoms with Crippen molar-refractivity contribution in [3.05, 3.63) is 11.6 Å². The van der Waals surface area contributed by atoms with Gasteiger partial charge in [0.1, 0.15) is 0 Å². The normalized spacial score (nSPS) is 34.1. The summed E-state index contributed by atoms with van der Waals surface area (Å²) >= 11 is 0. The minimum Gasteiger partial charge on any atom is -0.481 e. The van der Waals surface area contributed by atoms with E-state index in [0.29, 0.717) is 6.42 Å². The molecule has 2 aliphatic carbocycles. The summed E-state index contributed by atoms with van der Waals surface area (Å²) in [5, 5.41) is 19.0. The monoisotopic (exact) mass is 210 g/mol. The summed E-state index contributed by atoms with van der Waals surface area (Å²) < 4.78 is 0. The Balaban J connectivity index is 2.36. The van der Waals surface area contributed by atoms with Gasteiger partial charge in [0.25, 0.3) is 0 Å². The molecule has 2 aliphatic rings. The summed E-state index contributed by atoms with van der Waals surface area (Å²) in [6.45, 7) is 1.83. The second-order valence-corrected chi connectivity index (χ2v) is 5.02. The third kappa shape index (κ3) is 1.69. The Morgan fingerprint density at radius 1 is 1.47 bits per heavy atom. The number of carbonyl (C=O) groups is 1. The van der Waals surface area contributed by atoms with Crippen molar-refractivity contribution in [1.82, 2.24) is 0 Å². The Morgan fingerprint density at radius 2 is 2.07 bits per heavy atom. The summed E-state index contributed by atoms with van der Waals surface area (Å²) in [7, 11) is 0. The molecule has 0 aromatic heterocycles. The average molecular weight is 210 g/mol. The number of hydrogen-bond donors (Lipinski definition) is 2. The van der Waals surface area contributed by atoms with Gasteiger partial charge in [-0.3, -0.25) is 4.79 Å². The van der Waals surface area contributed by atoms with E-state index in [-0.39, 0.29) is 11.3 Å². The number of aliphatic hydroxyl groups is 1. The molecule has 15 heavy (non-hydrogen) atoms. The lowest BCUT2D eigenvalue weighted by Crippen LogP contribution is -2.40. The van der Waals surface area contributed by atoms with E-state index in [0.717, 1.165) is 31.3 Å². The zero-order valence-corrected chi connectivity index (χ0v) is 9.07. The molecule has 0 aromatic rings. The SMILES string of the molecule is CC1=C[C@@H](O)CC2(CCCC2)[C@@H]1C(=O)O. The minimum atomic E-state index is -0.724. The van der Waals surface area contributed by atoms with Gasteiger partial charge in [0, 0.05) is 0 Å². The first-order valence-corrected chi connectivity index (χ1v) is 5.64. The maximum atomic E-state index is 11.3. The Labute approximate surface area is 89.8 Å². The van der Waals surface area contributed by atoms with Crippen molar-refractivity contribution in [2.75, 3.05) is 0 Å². The van der Waals surface area contributed by atoms with Crippen molar-refractivity contribution < 1.29 is 15.0 Å². The molecule has 1 spiro atoms. The van der Waals surface area contributed by atoms with Crippen LogP contribution in [0, 0.1) is 11.3 Å². The van der Waals surface area contributed by atoms with Crippen LogP contribution in [0.15, 0.2) is 11.6 Å². The fourth-order valence-corrected chi connectivity index (χ4v) is 3.50. The van der Waals surface area contributed by atoms with E-state index in [9.17, 15) is 15.0 Å². The van der Waals surface area contributed by atoms with Crippen LogP contribution in [0.5, 0.6) is 0 Å². The Bertz CT molecular complexity index is 300. The van der Waals surface area contributed by atoms with Crippen molar-refractivity contribution in [2.45, 2.75) is 45.1 Å². The number of carboxylic acid groups (broad SMARTS) is 1. The molecule has 2 rings (SSSR count). The van der Waals surface area contributed by atoms with Gasteiger partial charge < -0.3 is 10.2 Å². The van der Waals surface area contributed by atoms with Crippen molar-refractivity contribution in [3.8, 4) is 0 Å². The van der Waals surface area contributed by atoms with Crippen LogP contribution in [0.4, 0.5) is 0 Å². The number of aliphatic carboxylic acids is 1. The third-order valence-corrected chi connectivity index (χ3v) is 3.98. The third-order valence-electron chi connectivity index (χ3n) is 3.98. The van der Waals surface area contributed by atoms with Gasteiger partial charge in [0.2, 0.25) is 0 Å². The van der Waals surface area contributed by atoms with Gasteiger partial charge >= 0.3 is 5.97 Å². The largest absolute Gasteiger partial charge is 0.481 e. The highest BCUT2D eigenvalue weighted by molar-refractivity contribution is 5.75. The highest BCUT2D eigenvalue weighted by Gasteiger charge is 2.48. The molecule has 0 unspecified atom stereocenters. The van der Waals surface area contributed by atoms with Crippen LogP contribution < -0.4 is 0 Å². The molecule has 3 heteroatoms. The second kappa shape index (κ2) is 3.63. The number of rotatable bonds is 1. The summed E-state index contributed by atoms with van der Waals surface area (Å²) in [6, 6.07) is 0. The standard InChI is InChI=1S/C12H18O3/c1-8-6-9(13)7-12(4-2-3-5-12)10(8)11(14)15/h6,9-10,13H,2-5,7H2,1H3,(H,14,15)/t9-,10+/m1/s1. The molecule has 0 saturated heterocycles. The number of carboxylic acids is 1. The van der Waals surface area contributed by atoms with Crippen LogP contribution >= 0.6 is 0 Å². The fraction of sp³-hybridized carbons (Fsp3) is 0.750. The molecule has 0 bridgehead atoms. The number of hydrogen-bond acceptors (Lipinski definition) is 2. The molecule has 3 nitrogen and oxygen atoms in total. The Hall–Kier alpha value is -0.830. The Morgan fingerprint density at radius 3 is 2.60 bits per heavy atom. The van der Waals surface area contributed by atoms with Crippen molar-refractivity contribution in [2.24, 2.45) is 11.3 Å². The first kappa shape index (κ1) is 10.7. The topological polar surface area (TPSA) is 57.5 Å². The van der Waals surface area contributed by atoms with E-state index in [1.54, 1.807) is 6.08 Å². The average Bonchev–Trinajstić information content (AvgIpc) is 2.50. The van der Waals surface area contributed by atoms with Gasteiger partial charge in [-0.25, -0.2) is 0 Å². The molecule has 84 valence electrons. The molecular formula is C12H18O3. The van der Waals surface area contributed by atoms with Crippen molar-refractivity contribution in [1.29, 1.82) is 0 Å². The smallest absolute Gasteiger partial charge is 0.311 e. The van der Waals surface area contributed by atoms with Crippen LogP contribution in [-0.2, 0) is 4.79 Å². The van der Waals surface area contributed by atoms with E-state index < -0.39 is 12.1 Å². The fourth-order valence-electron chi connectivity index (χ4n) is 3.50. The first-order valence-electron chi connectivity index (χ1n) is 5.64. The zero-order chi connectivity index (χ0) is 11.1. The molecule has 2 atom stereocenters. The highest BCUT2D eigenvalue weighted by atomic mass is 16.4. The van der Waals surface area contributed by atoms with Crippen LogP contribution in [0.3, 0.4) is 0 Å². The Kier molecular flexibility index (Phi) is 2.59. The predicted octanol–water partition coefficient (Wildman–Crippen LogP) is 1.96. The zero-order valence-electron chi connectivity index (χ0n) is 9.07. The van der Waals surface area contributed by atoms with Crippen LogP contribution in [-0.4, -0.2) is 22.3 Å². The predicted molar refractivity (Wildman–Crippen MR) is 56.4 cm³/mol. The van der Waals surface area contributed by atoms with Crippen molar-refractivity contribution >= 4 is 5.97 Å². The second-order valence-electron chi connectivity index (χ2n) is 5.02. The number of aliphatic hydroxyl groups excluding tert-OH is 1. The van der Waals surface area contributed by atoms with Gasteiger partial charge in [-0.05, 0) is 31.6 Å². The quantitative estimate of drug-likeness (QED) is 0.650. The molecule has 0 aromatic carbocycles. The molecule has 0 aliphatic heterocycles. The van der Waals surface area contributed by atoms with Crippen LogP contribution in [0.25, 0.3) is 0 Å². The summed E-state index contributed by atoms with van der Waals surface area (Å²) in [5.74, 6) is -1.10. The van der Waals surface area contributed by atoms with E-state index in [2.05, 4.69) is 0 Å². The molecular weight excluding hydrogens is 192 g/mol. The molecule has 0 heterocycles.